The molecule has 0 radical (unpaired) electrons. The maximum Gasteiger partial charge on any atom is 0.307 e. The van der Waals surface area contributed by atoms with Crippen LogP contribution in [0, 0.1) is 27.7 Å². The van der Waals surface area contributed by atoms with Gasteiger partial charge in [-0.3, -0.25) is 9.59 Å². The summed E-state index contributed by atoms with van der Waals surface area (Å²) >= 11 is 0. The van der Waals surface area contributed by atoms with Crippen molar-refractivity contribution in [2.24, 2.45) is 0 Å². The Kier molecular flexibility index (Phi) is 7.31. The minimum absolute atomic E-state index is 0.163. The van der Waals surface area contributed by atoms with Gasteiger partial charge in [-0.15, -0.1) is 0 Å². The molecule has 7 nitrogen and oxygen atoms in total. The van der Waals surface area contributed by atoms with Crippen molar-refractivity contribution in [1.82, 2.24) is 4.98 Å². The SMILES string of the molecule is CC(C)(C)O.Cc1ccc(-c2c(C)c3c(c(C)c2CC(=O)O)NC(=O)c2ccc(C)nc2O3)cc1. The normalized spacial score (nSPS) is 12.3. The first-order valence-electron chi connectivity index (χ1n) is 11.4. The van der Waals surface area contributed by atoms with Crippen molar-refractivity contribution in [3.05, 3.63) is 69.9 Å². The number of nitrogens with one attached hydrogen (secondary N) is 1. The number of aliphatic hydroxyl groups is 1. The lowest BCUT2D eigenvalue weighted by Crippen LogP contribution is -2.14. The predicted octanol–water partition coefficient (Wildman–Crippen LogP) is 5.74. The molecule has 0 atom stereocenters. The summed E-state index contributed by atoms with van der Waals surface area (Å²) in [5.41, 5.74) is 5.96. The third-order valence-corrected chi connectivity index (χ3v) is 5.42. The average Bonchev–Trinajstić information content (AvgIpc) is 2.88. The Hall–Kier alpha value is -3.71. The molecule has 0 aliphatic carbocycles. The number of pyridine rings is 1. The van der Waals surface area contributed by atoms with Gasteiger partial charge in [0.15, 0.2) is 5.75 Å². The van der Waals surface area contributed by atoms with E-state index >= 15 is 0 Å². The molecule has 0 bridgehead atoms. The smallest absolute Gasteiger partial charge is 0.307 e. The predicted molar refractivity (Wildman–Crippen MR) is 136 cm³/mol. The Morgan fingerprint density at radius 2 is 1.60 bits per heavy atom. The first kappa shape index (κ1) is 25.9. The van der Waals surface area contributed by atoms with E-state index in [1.807, 2.05) is 52.0 Å². The number of hydrogen-bond acceptors (Lipinski definition) is 5. The summed E-state index contributed by atoms with van der Waals surface area (Å²) in [6, 6.07) is 11.4. The highest BCUT2D eigenvalue weighted by Gasteiger charge is 2.29. The molecule has 2 aromatic carbocycles. The lowest BCUT2D eigenvalue weighted by Gasteiger charge is -2.22. The summed E-state index contributed by atoms with van der Waals surface area (Å²) in [5.74, 6) is -0.535. The summed E-state index contributed by atoms with van der Waals surface area (Å²) in [7, 11) is 0. The topological polar surface area (TPSA) is 109 Å². The number of fused-ring (bicyclic) bond motifs is 2. The highest BCUT2D eigenvalue weighted by Crippen LogP contribution is 2.46. The molecule has 1 amide bonds. The standard InChI is InChI=1S/C24H22N2O4.C4H10O/c1-12-5-8-16(9-6-12)20-15(4)22-21(14(3)18(20)11-19(27)28)26-23(29)17-10-7-13(2)25-24(17)30-22;1-4(2,3)5/h5-10H,11H2,1-4H3,(H,26,29)(H,27,28);5H,1-3H3. The van der Waals surface area contributed by atoms with E-state index < -0.39 is 11.6 Å². The molecule has 1 aliphatic rings. The van der Waals surface area contributed by atoms with Crippen molar-refractivity contribution in [1.29, 1.82) is 0 Å². The van der Waals surface area contributed by atoms with Crippen LogP contribution in [0.5, 0.6) is 11.6 Å². The summed E-state index contributed by atoms with van der Waals surface area (Å²) in [5, 5.41) is 21.0. The van der Waals surface area contributed by atoms with Gasteiger partial charge in [-0.2, -0.15) is 0 Å². The number of hydrogen-bond donors (Lipinski definition) is 3. The van der Waals surface area contributed by atoms with Gasteiger partial charge in [0.05, 0.1) is 17.7 Å². The van der Waals surface area contributed by atoms with Crippen LogP contribution in [-0.2, 0) is 11.2 Å². The second kappa shape index (κ2) is 9.88. The third kappa shape index (κ3) is 6.05. The number of benzene rings is 2. The fraction of sp³-hybridized carbons (Fsp3) is 0.321. The highest BCUT2D eigenvalue weighted by atomic mass is 16.5. The van der Waals surface area contributed by atoms with Gasteiger partial charge in [0.2, 0.25) is 5.88 Å². The van der Waals surface area contributed by atoms with Crippen LogP contribution in [0.1, 0.15) is 59.1 Å². The van der Waals surface area contributed by atoms with Gasteiger partial charge in [-0.1, -0.05) is 29.8 Å². The van der Waals surface area contributed by atoms with Crippen LogP contribution in [0.25, 0.3) is 11.1 Å². The Balaban J connectivity index is 0.000000623. The first-order valence-corrected chi connectivity index (χ1v) is 11.4. The van der Waals surface area contributed by atoms with Crippen molar-refractivity contribution >= 4 is 17.6 Å². The molecule has 1 aromatic heterocycles. The van der Waals surface area contributed by atoms with Gasteiger partial charge in [0.25, 0.3) is 5.91 Å². The maximum absolute atomic E-state index is 12.8. The van der Waals surface area contributed by atoms with E-state index in [4.69, 9.17) is 9.84 Å². The monoisotopic (exact) mass is 476 g/mol. The van der Waals surface area contributed by atoms with Crippen LogP contribution >= 0.6 is 0 Å². The van der Waals surface area contributed by atoms with Crippen LogP contribution in [-0.4, -0.2) is 32.7 Å². The van der Waals surface area contributed by atoms with Crippen LogP contribution in [0.15, 0.2) is 36.4 Å². The van der Waals surface area contributed by atoms with Gasteiger partial charge < -0.3 is 20.3 Å². The number of carbonyl (C=O) groups is 2. The maximum atomic E-state index is 12.8. The number of carboxylic acid groups (broad SMARTS) is 1. The first-order chi connectivity index (χ1) is 16.3. The molecule has 3 N–H and O–H groups in total. The number of rotatable bonds is 3. The summed E-state index contributed by atoms with van der Waals surface area (Å²) in [4.78, 5) is 28.9. The Morgan fingerprint density at radius 1 is 1.00 bits per heavy atom. The van der Waals surface area contributed by atoms with Crippen molar-refractivity contribution in [3.8, 4) is 22.8 Å². The lowest BCUT2D eigenvalue weighted by molar-refractivity contribution is -0.136. The van der Waals surface area contributed by atoms with Gasteiger partial charge in [-0.25, -0.2) is 4.98 Å². The number of ether oxygens (including phenoxy) is 1. The second-order valence-corrected chi connectivity index (χ2v) is 9.78. The van der Waals surface area contributed by atoms with Crippen molar-refractivity contribution < 1.29 is 24.5 Å². The van der Waals surface area contributed by atoms with Gasteiger partial charge in [0.1, 0.15) is 5.56 Å². The Bertz CT molecular complexity index is 1280. The Morgan fingerprint density at radius 3 is 2.17 bits per heavy atom. The number of aromatic nitrogens is 1. The number of nitrogens with zero attached hydrogens (tertiary/aromatic N) is 1. The van der Waals surface area contributed by atoms with Crippen molar-refractivity contribution in [2.45, 2.75) is 60.5 Å². The average molecular weight is 477 g/mol. The molecule has 0 unspecified atom stereocenters. The Labute approximate surface area is 205 Å². The molecule has 0 fully saturated rings. The minimum atomic E-state index is -0.938. The van der Waals surface area contributed by atoms with E-state index in [0.717, 1.165) is 27.9 Å². The van der Waals surface area contributed by atoms with E-state index in [1.165, 1.54) is 0 Å². The summed E-state index contributed by atoms with van der Waals surface area (Å²) in [6.45, 7) is 12.8. The zero-order valence-corrected chi connectivity index (χ0v) is 21.2. The number of amides is 1. The number of carboxylic acids is 1. The molecule has 7 heteroatoms. The largest absolute Gasteiger partial charge is 0.481 e. The van der Waals surface area contributed by atoms with E-state index in [9.17, 15) is 14.7 Å². The van der Waals surface area contributed by atoms with Crippen LogP contribution < -0.4 is 10.1 Å². The lowest BCUT2D eigenvalue weighted by atomic mass is 9.88. The summed E-state index contributed by atoms with van der Waals surface area (Å²) in [6.07, 6.45) is -0.163. The minimum Gasteiger partial charge on any atom is -0.481 e. The highest BCUT2D eigenvalue weighted by molar-refractivity contribution is 6.09. The van der Waals surface area contributed by atoms with Crippen molar-refractivity contribution in [2.75, 3.05) is 5.32 Å². The van der Waals surface area contributed by atoms with Gasteiger partial charge >= 0.3 is 5.97 Å². The molecule has 35 heavy (non-hydrogen) atoms. The van der Waals surface area contributed by atoms with Crippen LogP contribution in [0.4, 0.5) is 5.69 Å². The van der Waals surface area contributed by atoms with E-state index in [2.05, 4.69) is 10.3 Å². The molecular formula is C28H32N2O5. The van der Waals surface area contributed by atoms with Crippen molar-refractivity contribution in [3.63, 3.8) is 0 Å². The quantitative estimate of drug-likeness (QED) is 0.444. The molecule has 0 saturated carbocycles. The van der Waals surface area contributed by atoms with E-state index in [0.29, 0.717) is 28.1 Å². The van der Waals surface area contributed by atoms with E-state index in [-0.39, 0.29) is 18.2 Å². The molecule has 4 rings (SSSR count). The molecule has 184 valence electrons. The van der Waals surface area contributed by atoms with Crippen LogP contribution in [0.3, 0.4) is 0 Å². The zero-order valence-electron chi connectivity index (χ0n) is 21.2. The third-order valence-electron chi connectivity index (χ3n) is 5.42. The number of carbonyl (C=O) groups excluding carboxylic acids is 1. The van der Waals surface area contributed by atoms with Gasteiger partial charge in [0, 0.05) is 11.3 Å². The molecular weight excluding hydrogens is 444 g/mol. The molecule has 0 saturated heterocycles. The van der Waals surface area contributed by atoms with E-state index in [1.54, 1.807) is 32.9 Å². The number of aliphatic carboxylic acids is 1. The number of aryl methyl sites for hydroxylation is 2. The van der Waals surface area contributed by atoms with Gasteiger partial charge in [-0.05, 0) is 82.9 Å². The molecule has 1 aliphatic heterocycles. The molecule has 2 heterocycles. The second-order valence-electron chi connectivity index (χ2n) is 9.78. The fourth-order valence-corrected chi connectivity index (χ4v) is 3.86. The number of anilines is 1. The molecule has 0 spiro atoms. The summed E-state index contributed by atoms with van der Waals surface area (Å²) < 4.78 is 6.17. The molecule has 3 aromatic rings. The fourth-order valence-electron chi connectivity index (χ4n) is 3.86. The van der Waals surface area contributed by atoms with Crippen LogP contribution in [0.2, 0.25) is 0 Å². The zero-order chi connectivity index (χ0) is 26.1.